The van der Waals surface area contributed by atoms with Crippen LogP contribution in [0.3, 0.4) is 0 Å². The van der Waals surface area contributed by atoms with Crippen molar-refractivity contribution >= 4 is 38.1 Å². The van der Waals surface area contributed by atoms with Crippen LogP contribution < -0.4 is 14.4 Å². The van der Waals surface area contributed by atoms with Crippen LogP contribution in [-0.4, -0.2) is 38.2 Å². The van der Waals surface area contributed by atoms with Crippen molar-refractivity contribution in [1.29, 1.82) is 0 Å². The third-order valence-electron chi connectivity index (χ3n) is 4.38. The smallest absolute Gasteiger partial charge is 0.293 e. The number of anilines is 2. The molecule has 0 radical (unpaired) electrons. The van der Waals surface area contributed by atoms with Gasteiger partial charge in [0.25, 0.3) is 20.3 Å². The molecule has 0 saturated heterocycles. The summed E-state index contributed by atoms with van der Waals surface area (Å²) in [7, 11) is -2.41. The Morgan fingerprint density at radius 2 is 1.93 bits per heavy atom. The average Bonchev–Trinajstić information content (AvgIpc) is 3.19. The first-order chi connectivity index (χ1) is 14.3. The Balaban J connectivity index is 1.85. The lowest BCUT2D eigenvalue weighted by molar-refractivity contribution is 0.102. The Bertz CT molecular complexity index is 1180. The van der Waals surface area contributed by atoms with Crippen LogP contribution in [0.5, 0.6) is 5.75 Å². The first kappa shape index (κ1) is 21.7. The lowest BCUT2D eigenvalue weighted by atomic mass is 10.1. The second kappa shape index (κ2) is 8.80. The van der Waals surface area contributed by atoms with Crippen LogP contribution in [0.4, 0.5) is 10.8 Å². The summed E-state index contributed by atoms with van der Waals surface area (Å²) in [5, 5.41) is 10.3. The molecular formula is C20H22N4O4S2. The van der Waals surface area contributed by atoms with Gasteiger partial charge in [-0.3, -0.25) is 14.4 Å². The molecule has 30 heavy (non-hydrogen) atoms. The summed E-state index contributed by atoms with van der Waals surface area (Å²) in [6.45, 7) is 5.80. The minimum Gasteiger partial charge on any atom is -0.497 e. The van der Waals surface area contributed by atoms with Crippen molar-refractivity contribution in [3.05, 3.63) is 59.2 Å². The monoisotopic (exact) mass is 446 g/mol. The fraction of sp³-hybridized carbons (Fsp3) is 0.250. The van der Waals surface area contributed by atoms with Gasteiger partial charge < -0.3 is 4.74 Å². The van der Waals surface area contributed by atoms with E-state index in [2.05, 4.69) is 15.5 Å². The lowest BCUT2D eigenvalue weighted by Gasteiger charge is -2.23. The van der Waals surface area contributed by atoms with Gasteiger partial charge in [0.1, 0.15) is 5.75 Å². The first-order valence-electron chi connectivity index (χ1n) is 9.15. The summed E-state index contributed by atoms with van der Waals surface area (Å²) in [5.41, 5.74) is 2.83. The molecule has 10 heteroatoms. The number of hydrogen-bond acceptors (Lipinski definition) is 7. The largest absolute Gasteiger partial charge is 0.497 e. The first-order valence-corrected chi connectivity index (χ1v) is 11.4. The molecule has 1 amide bonds. The van der Waals surface area contributed by atoms with E-state index < -0.39 is 15.9 Å². The molecule has 1 heterocycles. The predicted octanol–water partition coefficient (Wildman–Crippen LogP) is 3.63. The fourth-order valence-corrected chi connectivity index (χ4v) is 5.48. The average molecular weight is 447 g/mol. The number of nitrogens with zero attached hydrogens (tertiary/aromatic N) is 3. The van der Waals surface area contributed by atoms with Crippen molar-refractivity contribution in [2.24, 2.45) is 0 Å². The topological polar surface area (TPSA) is 101 Å². The molecule has 3 aromatic rings. The number of aromatic nitrogens is 2. The fourth-order valence-electron chi connectivity index (χ4n) is 2.95. The Hall–Kier alpha value is -2.98. The number of hydrogen-bond donors (Lipinski definition) is 1. The molecule has 0 unspecified atom stereocenters. The molecule has 0 aliphatic rings. The normalized spacial score (nSPS) is 11.2. The van der Waals surface area contributed by atoms with Crippen molar-refractivity contribution in [2.45, 2.75) is 25.1 Å². The van der Waals surface area contributed by atoms with Crippen molar-refractivity contribution in [3.8, 4) is 5.75 Å². The summed E-state index contributed by atoms with van der Waals surface area (Å²) in [5.74, 6) is 0.103. The van der Waals surface area contributed by atoms with Crippen LogP contribution in [0.25, 0.3) is 0 Å². The zero-order valence-electron chi connectivity index (χ0n) is 17.0. The molecular weight excluding hydrogens is 424 g/mol. The second-order valence-corrected chi connectivity index (χ2v) is 9.53. The number of methoxy groups -OCH3 is 1. The Labute approximate surface area is 179 Å². The summed E-state index contributed by atoms with van der Waals surface area (Å²) >= 11 is 0.805. The van der Waals surface area contributed by atoms with Gasteiger partial charge in [-0.25, -0.2) is 0 Å². The second-order valence-electron chi connectivity index (χ2n) is 6.52. The highest BCUT2D eigenvalue weighted by atomic mass is 32.2. The number of sulfonamides is 1. The highest BCUT2D eigenvalue weighted by molar-refractivity contribution is 7.94. The van der Waals surface area contributed by atoms with Crippen LogP contribution in [0.15, 0.2) is 46.8 Å². The van der Waals surface area contributed by atoms with Gasteiger partial charge in [-0.2, -0.15) is 8.42 Å². The van der Waals surface area contributed by atoms with Crippen LogP contribution in [0, 0.1) is 13.8 Å². The van der Waals surface area contributed by atoms with Gasteiger partial charge in [-0.1, -0.05) is 35.1 Å². The maximum atomic E-state index is 13.2. The van der Waals surface area contributed by atoms with E-state index in [0.717, 1.165) is 22.5 Å². The molecule has 1 N–H and O–H groups in total. The summed E-state index contributed by atoms with van der Waals surface area (Å²) in [6, 6.07) is 12.2. The van der Waals surface area contributed by atoms with E-state index in [4.69, 9.17) is 4.74 Å². The molecule has 0 aliphatic heterocycles. The minimum atomic E-state index is -3.92. The van der Waals surface area contributed by atoms with Gasteiger partial charge in [0.15, 0.2) is 0 Å². The number of carbonyl (C=O) groups excluding carboxylic acids is 1. The molecule has 158 valence electrons. The van der Waals surface area contributed by atoms with Gasteiger partial charge in [0, 0.05) is 12.1 Å². The van der Waals surface area contributed by atoms with Crippen LogP contribution >= 0.6 is 11.3 Å². The summed E-state index contributed by atoms with van der Waals surface area (Å²) in [6.07, 6.45) is 0. The third-order valence-corrected chi connectivity index (χ3v) is 7.45. The van der Waals surface area contributed by atoms with E-state index in [1.54, 1.807) is 37.3 Å². The number of aryl methyl sites for hydroxylation is 2. The van der Waals surface area contributed by atoms with Crippen molar-refractivity contribution < 1.29 is 17.9 Å². The number of rotatable bonds is 7. The summed E-state index contributed by atoms with van der Waals surface area (Å²) < 4.78 is 32.5. The molecule has 0 spiro atoms. The van der Waals surface area contributed by atoms with Gasteiger partial charge in [0.05, 0.1) is 12.8 Å². The molecule has 3 rings (SSSR count). The van der Waals surface area contributed by atoms with Crippen LogP contribution in [0.1, 0.15) is 28.4 Å². The predicted molar refractivity (Wildman–Crippen MR) is 117 cm³/mol. The zero-order chi connectivity index (χ0) is 21.9. The number of amides is 1. The third kappa shape index (κ3) is 4.44. The minimum absolute atomic E-state index is 0.0954. The zero-order valence-corrected chi connectivity index (χ0v) is 18.7. The molecule has 0 fully saturated rings. The summed E-state index contributed by atoms with van der Waals surface area (Å²) in [4.78, 5) is 12.4. The number of nitrogens with one attached hydrogen (secondary N) is 1. The standard InChI is InChI=1S/C20H22N4O4S2/c1-5-24(17-10-9-13(2)11-14(17)3)30(26,27)20-23-22-19(29-20)21-18(25)15-7-6-8-16(12-15)28-4/h6-12H,5H2,1-4H3,(H,21,22,25). The number of benzene rings is 2. The lowest BCUT2D eigenvalue weighted by Crippen LogP contribution is -2.31. The Morgan fingerprint density at radius 3 is 2.60 bits per heavy atom. The number of ether oxygens (including phenoxy) is 1. The van der Waals surface area contributed by atoms with E-state index >= 15 is 0 Å². The van der Waals surface area contributed by atoms with E-state index in [1.165, 1.54) is 11.4 Å². The van der Waals surface area contributed by atoms with Crippen molar-refractivity contribution in [1.82, 2.24) is 10.2 Å². The van der Waals surface area contributed by atoms with E-state index in [9.17, 15) is 13.2 Å². The van der Waals surface area contributed by atoms with Crippen LogP contribution in [-0.2, 0) is 10.0 Å². The SMILES string of the molecule is CCN(c1ccc(C)cc1C)S(=O)(=O)c1nnc(NC(=O)c2cccc(OC)c2)s1. The molecule has 0 atom stereocenters. The molecule has 1 aromatic heterocycles. The molecule has 2 aromatic carbocycles. The molecule has 0 saturated carbocycles. The van der Waals surface area contributed by atoms with Gasteiger partial charge >= 0.3 is 0 Å². The van der Waals surface area contributed by atoms with Gasteiger partial charge in [0.2, 0.25) is 5.13 Å². The van der Waals surface area contributed by atoms with E-state index in [-0.39, 0.29) is 16.0 Å². The van der Waals surface area contributed by atoms with Gasteiger partial charge in [-0.05, 0) is 50.6 Å². The number of carbonyl (C=O) groups is 1. The van der Waals surface area contributed by atoms with Crippen molar-refractivity contribution in [3.63, 3.8) is 0 Å². The van der Waals surface area contributed by atoms with Crippen LogP contribution in [0.2, 0.25) is 0 Å². The highest BCUT2D eigenvalue weighted by Crippen LogP contribution is 2.30. The molecule has 0 bridgehead atoms. The molecule has 0 aliphatic carbocycles. The highest BCUT2D eigenvalue weighted by Gasteiger charge is 2.29. The molecule has 8 nitrogen and oxygen atoms in total. The Kier molecular flexibility index (Phi) is 6.37. The van der Waals surface area contributed by atoms with E-state index in [0.29, 0.717) is 17.0 Å². The van der Waals surface area contributed by atoms with Crippen molar-refractivity contribution in [2.75, 3.05) is 23.3 Å². The van der Waals surface area contributed by atoms with E-state index in [1.807, 2.05) is 26.0 Å². The Morgan fingerprint density at radius 1 is 1.17 bits per heavy atom. The quantitative estimate of drug-likeness (QED) is 0.556. The van der Waals surface area contributed by atoms with Gasteiger partial charge in [-0.15, -0.1) is 10.2 Å². The maximum Gasteiger partial charge on any atom is 0.293 e. The maximum absolute atomic E-state index is 13.2.